The molecule has 0 bridgehead atoms. The smallest absolute Gasteiger partial charge is 0.408 e. The molecule has 3 amide bonds. The highest BCUT2D eigenvalue weighted by molar-refractivity contribution is 5.92. The number of benzene rings is 3. The summed E-state index contributed by atoms with van der Waals surface area (Å²) in [5.74, 6) is -1.06. The lowest BCUT2D eigenvalue weighted by Gasteiger charge is -2.33. The Hall–Kier alpha value is -4.84. The molecule has 208 valence electrons. The van der Waals surface area contributed by atoms with Crippen molar-refractivity contribution in [3.05, 3.63) is 102 Å². The number of phenolic OH excluding ortho intramolecular Hbond substituents is 1. The lowest BCUT2D eigenvalue weighted by molar-refractivity contribution is -0.141. The van der Waals surface area contributed by atoms with Crippen molar-refractivity contribution in [3.8, 4) is 11.8 Å². The zero-order valence-electron chi connectivity index (χ0n) is 22.8. The summed E-state index contributed by atoms with van der Waals surface area (Å²) in [7, 11) is 0. The van der Waals surface area contributed by atoms with Crippen LogP contribution in [0.25, 0.3) is 0 Å². The lowest BCUT2D eigenvalue weighted by atomic mass is 10.00. The number of phenols is 1. The van der Waals surface area contributed by atoms with Gasteiger partial charge in [0, 0.05) is 13.0 Å². The van der Waals surface area contributed by atoms with Crippen LogP contribution in [0.5, 0.6) is 5.75 Å². The third kappa shape index (κ3) is 8.88. The molecule has 2 unspecified atom stereocenters. The maximum atomic E-state index is 14.1. The number of amides is 3. The van der Waals surface area contributed by atoms with Crippen molar-refractivity contribution in [1.29, 1.82) is 5.26 Å². The Labute approximate surface area is 234 Å². The summed E-state index contributed by atoms with van der Waals surface area (Å²) in [5.41, 5.74) is 1.22. The number of hydrogen-bond donors (Lipinski definition) is 3. The minimum atomic E-state index is -1.17. The Kier molecular flexibility index (Phi) is 10.3. The van der Waals surface area contributed by atoms with Crippen LogP contribution in [0, 0.1) is 11.3 Å². The highest BCUT2D eigenvalue weighted by Gasteiger charge is 2.36. The van der Waals surface area contributed by atoms with Gasteiger partial charge in [-0.05, 0) is 49.6 Å². The van der Waals surface area contributed by atoms with Crippen LogP contribution in [0.2, 0.25) is 0 Å². The van der Waals surface area contributed by atoms with E-state index in [9.17, 15) is 24.8 Å². The Balaban J connectivity index is 1.96. The third-order valence-corrected chi connectivity index (χ3v) is 5.87. The summed E-state index contributed by atoms with van der Waals surface area (Å²) in [4.78, 5) is 41.6. The van der Waals surface area contributed by atoms with E-state index in [1.165, 1.54) is 12.1 Å². The van der Waals surface area contributed by atoms with E-state index < -0.39 is 42.1 Å². The van der Waals surface area contributed by atoms with E-state index in [1.807, 2.05) is 36.4 Å². The molecule has 0 saturated carbocycles. The Morgan fingerprint density at radius 1 is 0.925 bits per heavy atom. The van der Waals surface area contributed by atoms with Crippen LogP contribution < -0.4 is 10.6 Å². The van der Waals surface area contributed by atoms with Gasteiger partial charge in [0.05, 0.1) is 6.07 Å². The van der Waals surface area contributed by atoms with E-state index in [2.05, 4.69) is 10.6 Å². The summed E-state index contributed by atoms with van der Waals surface area (Å²) in [6, 6.07) is 23.9. The molecule has 9 heteroatoms. The minimum Gasteiger partial charge on any atom is -0.508 e. The first-order valence-electron chi connectivity index (χ1n) is 12.9. The fraction of sp³-hybridized carbons (Fsp3) is 0.290. The van der Waals surface area contributed by atoms with Gasteiger partial charge in [0.25, 0.3) is 0 Å². The van der Waals surface area contributed by atoms with Gasteiger partial charge in [0.2, 0.25) is 11.8 Å². The number of nitriles is 1. The normalized spacial score (nSPS) is 12.3. The van der Waals surface area contributed by atoms with Crippen molar-refractivity contribution in [2.45, 2.75) is 51.4 Å². The zero-order chi connectivity index (χ0) is 29.1. The van der Waals surface area contributed by atoms with Gasteiger partial charge in [-0.2, -0.15) is 5.26 Å². The monoisotopic (exact) mass is 542 g/mol. The zero-order valence-corrected chi connectivity index (χ0v) is 22.8. The molecule has 40 heavy (non-hydrogen) atoms. The molecule has 0 saturated heterocycles. The number of carbonyl (C=O) groups is 3. The van der Waals surface area contributed by atoms with Gasteiger partial charge in [-0.15, -0.1) is 0 Å². The number of carbonyl (C=O) groups excluding carboxylic acids is 3. The van der Waals surface area contributed by atoms with Gasteiger partial charge in [-0.25, -0.2) is 4.79 Å². The van der Waals surface area contributed by atoms with Crippen molar-refractivity contribution < 1.29 is 24.2 Å². The van der Waals surface area contributed by atoms with Crippen LogP contribution in [0.15, 0.2) is 84.9 Å². The molecule has 2 atom stereocenters. The molecule has 0 aliphatic heterocycles. The maximum absolute atomic E-state index is 14.1. The second kappa shape index (κ2) is 13.8. The van der Waals surface area contributed by atoms with Gasteiger partial charge >= 0.3 is 6.09 Å². The Morgan fingerprint density at radius 2 is 1.52 bits per heavy atom. The standard InChI is InChI=1S/C31H34N4O5/c1-31(2,3)40-30(39)34-26(20-22-14-16-25(36)17-15-22)29(38)35(19-18-32)27(24-12-8-5-9-13-24)28(37)33-21-23-10-6-4-7-11-23/h4-17,26-27,36H,19-21H2,1-3H3,(H,33,37)(H,34,39). The number of aromatic hydroxyl groups is 1. The molecule has 9 nitrogen and oxygen atoms in total. The number of nitrogens with zero attached hydrogens (tertiary/aromatic N) is 2. The van der Waals surface area contributed by atoms with Crippen LogP contribution in [-0.2, 0) is 27.3 Å². The second-order valence-electron chi connectivity index (χ2n) is 10.2. The molecule has 3 aromatic rings. The van der Waals surface area contributed by atoms with Gasteiger partial charge < -0.3 is 25.4 Å². The molecule has 0 fully saturated rings. The molecule has 0 aliphatic rings. The molecule has 3 N–H and O–H groups in total. The van der Waals surface area contributed by atoms with Crippen molar-refractivity contribution in [1.82, 2.24) is 15.5 Å². The van der Waals surface area contributed by atoms with Gasteiger partial charge in [0.1, 0.15) is 30.0 Å². The highest BCUT2D eigenvalue weighted by atomic mass is 16.6. The number of hydrogen-bond acceptors (Lipinski definition) is 6. The minimum absolute atomic E-state index is 0.0351. The quantitative estimate of drug-likeness (QED) is 0.329. The van der Waals surface area contributed by atoms with Crippen molar-refractivity contribution in [3.63, 3.8) is 0 Å². The van der Waals surface area contributed by atoms with E-state index in [-0.39, 0.29) is 18.7 Å². The van der Waals surface area contributed by atoms with Crippen LogP contribution in [-0.4, -0.2) is 46.1 Å². The molecule has 0 radical (unpaired) electrons. The first-order chi connectivity index (χ1) is 19.1. The first-order valence-corrected chi connectivity index (χ1v) is 12.9. The van der Waals surface area contributed by atoms with Gasteiger partial charge in [0.15, 0.2) is 0 Å². The van der Waals surface area contributed by atoms with Crippen LogP contribution >= 0.6 is 0 Å². The summed E-state index contributed by atoms with van der Waals surface area (Å²) in [6.45, 7) is 4.93. The molecule has 3 aromatic carbocycles. The number of alkyl carbamates (subject to hydrolysis) is 1. The van der Waals surface area contributed by atoms with Crippen molar-refractivity contribution >= 4 is 17.9 Å². The summed E-state index contributed by atoms with van der Waals surface area (Å²) in [6.07, 6.45) is -0.778. The fourth-order valence-electron chi connectivity index (χ4n) is 4.08. The number of nitrogens with one attached hydrogen (secondary N) is 2. The van der Waals surface area contributed by atoms with Crippen LogP contribution in [0.4, 0.5) is 4.79 Å². The Morgan fingerprint density at radius 3 is 2.10 bits per heavy atom. The predicted molar refractivity (Wildman–Crippen MR) is 150 cm³/mol. The number of ether oxygens (including phenoxy) is 1. The molecular weight excluding hydrogens is 508 g/mol. The summed E-state index contributed by atoms with van der Waals surface area (Å²) < 4.78 is 5.39. The van der Waals surface area contributed by atoms with E-state index in [0.29, 0.717) is 11.1 Å². The molecule has 0 spiro atoms. The van der Waals surface area contributed by atoms with Gasteiger partial charge in [-0.3, -0.25) is 9.59 Å². The molecule has 0 aromatic heterocycles. The molecule has 0 heterocycles. The highest BCUT2D eigenvalue weighted by Crippen LogP contribution is 2.24. The Bertz CT molecular complexity index is 1320. The lowest BCUT2D eigenvalue weighted by Crippen LogP contribution is -2.53. The van der Waals surface area contributed by atoms with E-state index in [0.717, 1.165) is 10.5 Å². The third-order valence-electron chi connectivity index (χ3n) is 5.87. The maximum Gasteiger partial charge on any atom is 0.408 e. The molecule has 0 aliphatic carbocycles. The molecule has 3 rings (SSSR count). The van der Waals surface area contributed by atoms with Crippen molar-refractivity contribution in [2.75, 3.05) is 6.54 Å². The first kappa shape index (κ1) is 29.7. The average Bonchev–Trinajstić information content (AvgIpc) is 2.92. The SMILES string of the molecule is CC(C)(C)OC(=O)NC(Cc1ccc(O)cc1)C(=O)N(CC#N)C(C(=O)NCc1ccccc1)c1ccccc1. The fourth-order valence-corrected chi connectivity index (χ4v) is 4.08. The summed E-state index contributed by atoms with van der Waals surface area (Å²) >= 11 is 0. The predicted octanol–water partition coefficient (Wildman–Crippen LogP) is 4.24. The topological polar surface area (TPSA) is 132 Å². The molecular formula is C31H34N4O5. The van der Waals surface area contributed by atoms with Crippen molar-refractivity contribution in [2.24, 2.45) is 0 Å². The average molecular weight is 543 g/mol. The van der Waals surface area contributed by atoms with Crippen LogP contribution in [0.3, 0.4) is 0 Å². The van der Waals surface area contributed by atoms with Crippen LogP contribution in [0.1, 0.15) is 43.5 Å². The number of rotatable bonds is 10. The summed E-state index contributed by atoms with van der Waals surface area (Å²) in [5, 5.41) is 24.9. The largest absolute Gasteiger partial charge is 0.508 e. The van der Waals surface area contributed by atoms with E-state index in [4.69, 9.17) is 4.74 Å². The van der Waals surface area contributed by atoms with Gasteiger partial charge in [-0.1, -0.05) is 72.8 Å². The van der Waals surface area contributed by atoms with E-state index >= 15 is 0 Å². The second-order valence-corrected chi connectivity index (χ2v) is 10.2. The van der Waals surface area contributed by atoms with E-state index in [1.54, 1.807) is 63.2 Å².